The van der Waals surface area contributed by atoms with E-state index < -0.39 is 10.0 Å². The number of aryl methyl sites for hydroxylation is 1. The second-order valence-corrected chi connectivity index (χ2v) is 9.94. The Morgan fingerprint density at radius 1 is 1.09 bits per heavy atom. The van der Waals surface area contributed by atoms with Gasteiger partial charge >= 0.3 is 0 Å². The molecular formula is C23H23N5O3S. The lowest BCUT2D eigenvalue weighted by Gasteiger charge is -2.27. The predicted molar refractivity (Wildman–Crippen MR) is 123 cm³/mol. The number of nitrogens with two attached hydrogens (primary N) is 1. The number of benzene rings is 2. The van der Waals surface area contributed by atoms with Crippen molar-refractivity contribution in [2.75, 3.05) is 12.3 Å². The third-order valence-electron chi connectivity index (χ3n) is 6.03. The minimum Gasteiger partial charge on any atom is -0.399 e. The largest absolute Gasteiger partial charge is 0.399 e. The van der Waals surface area contributed by atoms with E-state index in [0.29, 0.717) is 30.7 Å². The molecule has 0 saturated carbocycles. The van der Waals surface area contributed by atoms with Crippen molar-refractivity contribution in [3.8, 4) is 0 Å². The molecule has 0 saturated heterocycles. The van der Waals surface area contributed by atoms with Crippen molar-refractivity contribution in [1.82, 2.24) is 18.7 Å². The van der Waals surface area contributed by atoms with Crippen molar-refractivity contribution in [2.45, 2.75) is 24.4 Å². The Balaban J connectivity index is 1.54. The number of nitrogens with zero attached hydrogens (tertiary/aromatic N) is 4. The summed E-state index contributed by atoms with van der Waals surface area (Å²) in [5, 5.41) is 5.17. The molecule has 3 heterocycles. The molecule has 0 fully saturated rings. The van der Waals surface area contributed by atoms with Crippen LogP contribution >= 0.6 is 0 Å². The van der Waals surface area contributed by atoms with Gasteiger partial charge in [0.2, 0.25) is 10.0 Å². The van der Waals surface area contributed by atoms with Crippen LogP contribution in [0.25, 0.3) is 10.9 Å². The van der Waals surface area contributed by atoms with Gasteiger partial charge in [0, 0.05) is 30.4 Å². The molecule has 0 radical (unpaired) electrons. The molecule has 2 N–H and O–H groups in total. The zero-order chi connectivity index (χ0) is 22.5. The second kappa shape index (κ2) is 7.61. The van der Waals surface area contributed by atoms with Gasteiger partial charge in [0.15, 0.2) is 0 Å². The number of aromatic nitrogens is 3. The second-order valence-electron chi connectivity index (χ2n) is 8.00. The van der Waals surface area contributed by atoms with Crippen LogP contribution in [-0.4, -0.2) is 33.6 Å². The van der Waals surface area contributed by atoms with Gasteiger partial charge in [-0.05, 0) is 41.8 Å². The van der Waals surface area contributed by atoms with Crippen molar-refractivity contribution in [2.24, 2.45) is 7.05 Å². The topological polar surface area (TPSA) is 103 Å². The van der Waals surface area contributed by atoms with Gasteiger partial charge in [0.1, 0.15) is 5.52 Å². The molecule has 164 valence electrons. The summed E-state index contributed by atoms with van der Waals surface area (Å²) in [6.07, 6.45) is 2.24. The number of rotatable bonds is 4. The van der Waals surface area contributed by atoms with Crippen LogP contribution in [0.15, 0.2) is 70.5 Å². The third-order valence-corrected chi connectivity index (χ3v) is 7.89. The number of hydrogen-bond acceptors (Lipinski definition) is 5. The van der Waals surface area contributed by atoms with E-state index in [9.17, 15) is 13.2 Å². The van der Waals surface area contributed by atoms with Gasteiger partial charge in [-0.2, -0.15) is 9.40 Å². The van der Waals surface area contributed by atoms with Gasteiger partial charge in [-0.25, -0.2) is 13.1 Å². The molecule has 1 aliphatic heterocycles. The Morgan fingerprint density at radius 2 is 1.88 bits per heavy atom. The van der Waals surface area contributed by atoms with Crippen molar-refractivity contribution in [1.29, 1.82) is 0 Å². The van der Waals surface area contributed by atoms with Gasteiger partial charge in [-0.15, -0.1) is 0 Å². The summed E-state index contributed by atoms with van der Waals surface area (Å²) in [5.74, 6) is 0. The van der Waals surface area contributed by atoms with Crippen LogP contribution in [0.1, 0.15) is 16.8 Å². The molecule has 8 nitrogen and oxygen atoms in total. The molecule has 32 heavy (non-hydrogen) atoms. The predicted octanol–water partition coefficient (Wildman–Crippen LogP) is 2.11. The molecule has 5 rings (SSSR count). The summed E-state index contributed by atoms with van der Waals surface area (Å²) < 4.78 is 30.9. The van der Waals surface area contributed by atoms with Gasteiger partial charge < -0.3 is 10.3 Å². The molecule has 1 aliphatic rings. The molecule has 0 amide bonds. The highest BCUT2D eigenvalue weighted by molar-refractivity contribution is 7.89. The maximum Gasteiger partial charge on any atom is 0.291 e. The first-order valence-electron chi connectivity index (χ1n) is 10.3. The molecule has 2 aromatic carbocycles. The van der Waals surface area contributed by atoms with Crippen molar-refractivity contribution in [3.63, 3.8) is 0 Å². The molecule has 4 aromatic rings. The minimum absolute atomic E-state index is 0.209. The first kappa shape index (κ1) is 20.5. The van der Waals surface area contributed by atoms with Crippen LogP contribution in [0.5, 0.6) is 0 Å². The van der Waals surface area contributed by atoms with E-state index in [-0.39, 0.29) is 17.0 Å². The van der Waals surface area contributed by atoms with Gasteiger partial charge in [-0.3, -0.25) is 4.79 Å². The van der Waals surface area contributed by atoms with E-state index in [1.807, 2.05) is 29.8 Å². The van der Waals surface area contributed by atoms with Gasteiger partial charge in [0.05, 0.1) is 24.2 Å². The lowest BCUT2D eigenvalue weighted by molar-refractivity contribution is 0.382. The van der Waals surface area contributed by atoms with Gasteiger partial charge in [0.25, 0.3) is 5.56 Å². The number of fused-ring (bicyclic) bond motifs is 3. The summed E-state index contributed by atoms with van der Waals surface area (Å²) >= 11 is 0. The molecule has 0 bridgehead atoms. The zero-order valence-corrected chi connectivity index (χ0v) is 18.4. The quantitative estimate of drug-likeness (QED) is 0.481. The molecule has 9 heteroatoms. The van der Waals surface area contributed by atoms with Crippen LogP contribution in [0.2, 0.25) is 0 Å². The summed E-state index contributed by atoms with van der Waals surface area (Å²) in [6.45, 7) is 0.881. The smallest absolute Gasteiger partial charge is 0.291 e. The Bertz CT molecular complexity index is 1490. The summed E-state index contributed by atoms with van der Waals surface area (Å²) in [4.78, 5) is 13.5. The average Bonchev–Trinajstić information content (AvgIpc) is 3.08. The molecule has 0 spiro atoms. The first-order valence-corrected chi connectivity index (χ1v) is 11.8. The van der Waals surface area contributed by atoms with E-state index in [1.54, 1.807) is 42.6 Å². The fourth-order valence-corrected chi connectivity index (χ4v) is 5.83. The van der Waals surface area contributed by atoms with E-state index in [2.05, 4.69) is 5.10 Å². The SMILES string of the molecule is Cn1c2c(c3cnn(Cc4cccc(N)c4)c(=O)c31)CCN(S(=O)(=O)c1ccccc1)C2. The van der Waals surface area contributed by atoms with Crippen LogP contribution in [0, 0.1) is 0 Å². The first-order chi connectivity index (χ1) is 15.4. The number of anilines is 1. The molecule has 0 aliphatic carbocycles. The summed E-state index contributed by atoms with van der Waals surface area (Å²) in [5.41, 5.74) is 9.51. The van der Waals surface area contributed by atoms with Gasteiger partial charge in [-0.1, -0.05) is 30.3 Å². The Hall–Kier alpha value is -3.43. The molecule has 0 unspecified atom stereocenters. The standard InChI is InChI=1S/C23H23N5O3S/c1-26-21-15-27(32(30,31)18-8-3-2-4-9-18)11-10-19(21)20-13-25-28(23(29)22(20)26)14-16-6-5-7-17(24)12-16/h2-9,12-13H,10-11,14-15,24H2,1H3. The molecule has 2 aromatic heterocycles. The minimum atomic E-state index is -3.61. The fraction of sp³-hybridized carbons (Fsp3) is 0.217. The maximum absolute atomic E-state index is 13.3. The zero-order valence-electron chi connectivity index (χ0n) is 17.6. The summed E-state index contributed by atoms with van der Waals surface area (Å²) in [7, 11) is -1.80. The monoisotopic (exact) mass is 449 g/mol. The molecular weight excluding hydrogens is 426 g/mol. The third kappa shape index (κ3) is 3.30. The normalized spacial score (nSPS) is 14.5. The Kier molecular flexibility index (Phi) is 4.87. The lowest BCUT2D eigenvalue weighted by atomic mass is 10.1. The van der Waals surface area contributed by atoms with Crippen LogP contribution in [-0.2, 0) is 36.6 Å². The average molecular weight is 450 g/mol. The van der Waals surface area contributed by atoms with Crippen molar-refractivity contribution >= 4 is 26.6 Å². The van der Waals surface area contributed by atoms with E-state index >= 15 is 0 Å². The highest BCUT2D eigenvalue weighted by Gasteiger charge is 2.32. The Morgan fingerprint density at radius 3 is 2.62 bits per heavy atom. The van der Waals surface area contributed by atoms with Crippen molar-refractivity contribution < 1.29 is 8.42 Å². The summed E-state index contributed by atoms with van der Waals surface area (Å²) in [6, 6.07) is 15.8. The van der Waals surface area contributed by atoms with Crippen molar-refractivity contribution in [3.05, 3.63) is 88.0 Å². The fourth-order valence-electron chi connectivity index (χ4n) is 4.40. The maximum atomic E-state index is 13.3. The number of sulfonamides is 1. The lowest BCUT2D eigenvalue weighted by Crippen LogP contribution is -2.36. The number of hydrogen-bond donors (Lipinski definition) is 1. The highest BCUT2D eigenvalue weighted by Crippen LogP contribution is 2.30. The van der Waals surface area contributed by atoms with Crippen LogP contribution < -0.4 is 11.3 Å². The number of nitrogen functional groups attached to an aromatic ring is 1. The van der Waals surface area contributed by atoms with E-state index in [1.165, 1.54) is 8.99 Å². The van der Waals surface area contributed by atoms with E-state index in [4.69, 9.17) is 5.73 Å². The van der Waals surface area contributed by atoms with Crippen LogP contribution in [0.4, 0.5) is 5.69 Å². The van der Waals surface area contributed by atoms with E-state index in [0.717, 1.165) is 22.2 Å². The highest BCUT2D eigenvalue weighted by atomic mass is 32.2. The van der Waals surface area contributed by atoms with Crippen LogP contribution in [0.3, 0.4) is 0 Å². The molecule has 0 atom stereocenters. The Labute approximate surface area is 185 Å².